The Morgan fingerprint density at radius 3 is 2.79 bits per heavy atom. The molecular weight excluding hydrogens is 484 g/mol. The summed E-state index contributed by atoms with van der Waals surface area (Å²) >= 11 is 0. The van der Waals surface area contributed by atoms with Crippen LogP contribution in [0.5, 0.6) is 5.88 Å². The third-order valence-electron chi connectivity index (χ3n) is 7.02. The lowest BCUT2D eigenvalue weighted by Gasteiger charge is -2.36. The first-order valence-electron chi connectivity index (χ1n) is 12.8. The lowest BCUT2D eigenvalue weighted by atomic mass is 10.0. The minimum absolute atomic E-state index is 0.131. The lowest BCUT2D eigenvalue weighted by Crippen LogP contribution is -2.48. The van der Waals surface area contributed by atoms with Crippen LogP contribution in [-0.4, -0.2) is 85.4 Å². The molecule has 0 radical (unpaired) electrons. The SMILES string of the molecule is CCN(C(=O)Nc1nccc2c(-c3nc(Nc4cn(C)nc4OC)ncc3C)c[nH]c12)C1CCN(C)CC1. The average Bonchev–Trinajstić information content (AvgIpc) is 3.50. The van der Waals surface area contributed by atoms with E-state index in [4.69, 9.17) is 9.72 Å². The number of methoxy groups -OCH3 is 1. The van der Waals surface area contributed by atoms with Gasteiger partial charge in [-0.3, -0.25) is 10.00 Å². The first-order valence-corrected chi connectivity index (χ1v) is 12.8. The predicted octanol–water partition coefficient (Wildman–Crippen LogP) is 3.76. The zero-order valence-corrected chi connectivity index (χ0v) is 22.4. The maximum Gasteiger partial charge on any atom is 0.323 e. The van der Waals surface area contributed by atoms with Gasteiger partial charge in [0.1, 0.15) is 5.69 Å². The van der Waals surface area contributed by atoms with Gasteiger partial charge in [0.15, 0.2) is 5.82 Å². The van der Waals surface area contributed by atoms with Gasteiger partial charge in [-0.05, 0) is 58.5 Å². The minimum Gasteiger partial charge on any atom is -0.478 e. The Morgan fingerprint density at radius 2 is 2.05 bits per heavy atom. The Kier molecular flexibility index (Phi) is 7.14. The summed E-state index contributed by atoms with van der Waals surface area (Å²) in [5, 5.41) is 11.4. The van der Waals surface area contributed by atoms with Crippen molar-refractivity contribution in [2.75, 3.05) is 44.4 Å². The van der Waals surface area contributed by atoms with Crippen LogP contribution in [0.15, 0.2) is 30.9 Å². The van der Waals surface area contributed by atoms with Crippen molar-refractivity contribution in [2.45, 2.75) is 32.7 Å². The van der Waals surface area contributed by atoms with Crippen molar-refractivity contribution in [3.05, 3.63) is 36.4 Å². The number of piperidine rings is 1. The Morgan fingerprint density at radius 1 is 1.26 bits per heavy atom. The Labute approximate surface area is 221 Å². The zero-order chi connectivity index (χ0) is 26.8. The molecule has 200 valence electrons. The number of aromatic nitrogens is 6. The molecule has 0 saturated carbocycles. The standard InChI is InChI=1S/C26H34N10O2/c1-6-36(17-8-11-34(3)12-9-17)26(37)32-23-22-18(7-10-27-23)19(14-28-22)21-16(2)13-29-25(31-21)30-20-15-35(4)33-24(20)38-5/h7,10,13-15,17,28H,6,8-9,11-12H2,1-5H3,(H,27,32,37)(H,29,30,31). The van der Waals surface area contributed by atoms with Gasteiger partial charge in [0.2, 0.25) is 5.95 Å². The smallest absolute Gasteiger partial charge is 0.323 e. The van der Waals surface area contributed by atoms with Crippen LogP contribution < -0.4 is 15.4 Å². The predicted molar refractivity (Wildman–Crippen MR) is 147 cm³/mol. The number of aromatic amines is 1. The summed E-state index contributed by atoms with van der Waals surface area (Å²) in [7, 11) is 5.51. The molecule has 0 spiro atoms. The van der Waals surface area contributed by atoms with Crippen LogP contribution >= 0.6 is 0 Å². The summed E-state index contributed by atoms with van der Waals surface area (Å²) in [4.78, 5) is 34.5. The summed E-state index contributed by atoms with van der Waals surface area (Å²) in [6, 6.07) is 2.01. The van der Waals surface area contributed by atoms with Gasteiger partial charge in [0, 0.05) is 49.2 Å². The van der Waals surface area contributed by atoms with Gasteiger partial charge in [-0.1, -0.05) is 0 Å². The molecule has 0 aromatic carbocycles. The van der Waals surface area contributed by atoms with E-state index in [9.17, 15) is 4.79 Å². The third kappa shape index (κ3) is 4.99. The fraction of sp³-hybridized carbons (Fsp3) is 0.423. The molecule has 12 nitrogen and oxygen atoms in total. The van der Waals surface area contributed by atoms with Gasteiger partial charge in [-0.2, -0.15) is 0 Å². The van der Waals surface area contributed by atoms with Gasteiger partial charge in [-0.25, -0.2) is 19.7 Å². The van der Waals surface area contributed by atoms with E-state index < -0.39 is 0 Å². The molecule has 2 amide bonds. The van der Waals surface area contributed by atoms with Crippen molar-refractivity contribution in [1.29, 1.82) is 0 Å². The second kappa shape index (κ2) is 10.7. The number of ether oxygens (including phenoxy) is 1. The number of rotatable bonds is 7. The van der Waals surface area contributed by atoms with Crippen LogP contribution in [0.2, 0.25) is 0 Å². The first-order chi connectivity index (χ1) is 18.4. The number of hydrogen-bond acceptors (Lipinski definition) is 8. The molecular formula is C26H34N10O2. The number of carbonyl (C=O) groups is 1. The third-order valence-corrected chi connectivity index (χ3v) is 7.02. The fourth-order valence-corrected chi connectivity index (χ4v) is 4.99. The molecule has 3 N–H and O–H groups in total. The second-order valence-corrected chi connectivity index (χ2v) is 9.61. The number of H-pyrrole nitrogens is 1. The number of nitrogens with zero attached hydrogens (tertiary/aromatic N) is 7. The van der Waals surface area contributed by atoms with Crippen LogP contribution in [0.3, 0.4) is 0 Å². The highest BCUT2D eigenvalue weighted by molar-refractivity contribution is 6.04. The molecule has 12 heteroatoms. The molecule has 38 heavy (non-hydrogen) atoms. The number of hydrogen-bond donors (Lipinski definition) is 3. The van der Waals surface area contributed by atoms with E-state index in [1.54, 1.807) is 30.4 Å². The molecule has 5 rings (SSSR count). The van der Waals surface area contributed by atoms with E-state index in [1.807, 2.05) is 38.1 Å². The van der Waals surface area contributed by atoms with Crippen molar-refractivity contribution < 1.29 is 9.53 Å². The van der Waals surface area contributed by atoms with Crippen LogP contribution in [-0.2, 0) is 7.05 Å². The number of anilines is 3. The highest BCUT2D eigenvalue weighted by Gasteiger charge is 2.26. The van der Waals surface area contributed by atoms with Gasteiger partial charge in [-0.15, -0.1) is 5.10 Å². The van der Waals surface area contributed by atoms with Crippen molar-refractivity contribution >= 4 is 34.4 Å². The average molecular weight is 519 g/mol. The van der Waals surface area contributed by atoms with Crippen LogP contribution in [0.1, 0.15) is 25.3 Å². The van der Waals surface area contributed by atoms with Gasteiger partial charge in [0.25, 0.3) is 5.88 Å². The fourth-order valence-electron chi connectivity index (χ4n) is 4.99. The molecule has 5 heterocycles. The van der Waals surface area contributed by atoms with E-state index >= 15 is 0 Å². The van der Waals surface area contributed by atoms with Gasteiger partial charge < -0.3 is 24.8 Å². The molecule has 4 aromatic heterocycles. The topological polar surface area (TPSA) is 129 Å². The molecule has 0 atom stereocenters. The summed E-state index contributed by atoms with van der Waals surface area (Å²) in [6.07, 6.45) is 9.11. The van der Waals surface area contributed by atoms with Crippen molar-refractivity contribution in [2.24, 2.45) is 7.05 Å². The highest BCUT2D eigenvalue weighted by Crippen LogP contribution is 2.33. The number of aryl methyl sites for hydroxylation is 2. The molecule has 0 unspecified atom stereocenters. The van der Waals surface area contributed by atoms with Crippen LogP contribution in [0.25, 0.3) is 22.2 Å². The normalized spacial score (nSPS) is 14.6. The van der Waals surface area contributed by atoms with Crippen LogP contribution in [0.4, 0.5) is 22.2 Å². The number of amides is 2. The highest BCUT2D eigenvalue weighted by atomic mass is 16.5. The molecule has 1 aliphatic rings. The number of pyridine rings is 1. The molecule has 1 saturated heterocycles. The Balaban J connectivity index is 1.41. The first kappa shape index (κ1) is 25.5. The van der Waals surface area contributed by atoms with E-state index in [0.29, 0.717) is 29.9 Å². The van der Waals surface area contributed by atoms with E-state index in [0.717, 1.165) is 53.7 Å². The van der Waals surface area contributed by atoms with Crippen LogP contribution in [0, 0.1) is 6.92 Å². The number of urea groups is 1. The van der Waals surface area contributed by atoms with Gasteiger partial charge >= 0.3 is 6.03 Å². The quantitative estimate of drug-likeness (QED) is 0.337. The summed E-state index contributed by atoms with van der Waals surface area (Å²) < 4.78 is 6.99. The number of fused-ring (bicyclic) bond motifs is 1. The molecule has 4 aromatic rings. The second-order valence-electron chi connectivity index (χ2n) is 9.61. The minimum atomic E-state index is -0.131. The Hall–Kier alpha value is -4.19. The van der Waals surface area contributed by atoms with Crippen molar-refractivity contribution in [3.8, 4) is 17.1 Å². The maximum absolute atomic E-state index is 13.3. The zero-order valence-electron chi connectivity index (χ0n) is 22.4. The lowest BCUT2D eigenvalue weighted by molar-refractivity contribution is 0.143. The van der Waals surface area contributed by atoms with Crippen molar-refractivity contribution in [3.63, 3.8) is 0 Å². The largest absolute Gasteiger partial charge is 0.478 e. The van der Waals surface area contributed by atoms with E-state index in [2.05, 4.69) is 42.6 Å². The maximum atomic E-state index is 13.3. The number of carbonyl (C=O) groups excluding carboxylic acids is 1. The summed E-state index contributed by atoms with van der Waals surface area (Å²) in [5.74, 6) is 1.37. The number of likely N-dealkylation sites (tertiary alicyclic amines) is 1. The summed E-state index contributed by atoms with van der Waals surface area (Å²) in [6.45, 7) is 6.61. The monoisotopic (exact) mass is 518 g/mol. The molecule has 0 bridgehead atoms. The Bertz CT molecular complexity index is 1440. The number of nitrogens with one attached hydrogen (secondary N) is 3. The summed E-state index contributed by atoms with van der Waals surface area (Å²) in [5.41, 5.74) is 3.99. The molecule has 1 fully saturated rings. The van der Waals surface area contributed by atoms with Gasteiger partial charge in [0.05, 0.1) is 24.5 Å². The van der Waals surface area contributed by atoms with Crippen molar-refractivity contribution in [1.82, 2.24) is 39.5 Å². The van der Waals surface area contributed by atoms with E-state index in [1.165, 1.54) is 0 Å². The molecule has 0 aliphatic carbocycles. The molecule has 1 aliphatic heterocycles. The van der Waals surface area contributed by atoms with E-state index in [-0.39, 0.29) is 12.1 Å².